The Morgan fingerprint density at radius 1 is 0.750 bits per heavy atom. The molecule has 1 aromatic heterocycles. The second-order valence-electron chi connectivity index (χ2n) is 6.67. The van der Waals surface area contributed by atoms with Gasteiger partial charge in [-0.3, -0.25) is 0 Å². The predicted octanol–water partition coefficient (Wildman–Crippen LogP) is 6.17. The number of hydrogen-bond donors (Lipinski definition) is 2. The Bertz CT molecular complexity index is 1470. The number of aromatic hydroxyl groups is 1. The molecular formula is C24H22O6P2+2. The van der Waals surface area contributed by atoms with Gasteiger partial charge in [-0.05, 0) is 45.5 Å². The maximum Gasteiger partial charge on any atom is 0.597 e. The number of hydrogen-bond acceptors (Lipinski definition) is 4. The van der Waals surface area contributed by atoms with E-state index in [0.717, 1.165) is 15.9 Å². The van der Waals surface area contributed by atoms with Crippen molar-refractivity contribution in [2.75, 3.05) is 0 Å². The number of para-hydroxylation sites is 2. The molecule has 0 fully saturated rings. The summed E-state index contributed by atoms with van der Waals surface area (Å²) in [7, 11) is -4.16. The molecule has 5 rings (SSSR count). The average molecular weight is 468 g/mol. The number of benzene rings is 4. The van der Waals surface area contributed by atoms with Crippen LogP contribution >= 0.6 is 15.7 Å². The Balaban J connectivity index is 0.000000220. The van der Waals surface area contributed by atoms with Crippen LogP contribution < -0.4 is 5.30 Å². The minimum absolute atomic E-state index is 0. The number of phenols is 1. The molecule has 6 nitrogen and oxygen atoms in total. The number of phenolic OH excluding ortho intramolecular Hbond substituents is 1. The zero-order valence-corrected chi connectivity index (χ0v) is 18.5. The van der Waals surface area contributed by atoms with E-state index in [1.807, 2.05) is 48.5 Å². The van der Waals surface area contributed by atoms with Crippen LogP contribution in [0.2, 0.25) is 0 Å². The van der Waals surface area contributed by atoms with E-state index in [0.29, 0.717) is 22.0 Å². The summed E-state index contributed by atoms with van der Waals surface area (Å²) in [6, 6.07) is 28.8. The third-order valence-electron chi connectivity index (χ3n) is 4.76. The monoisotopic (exact) mass is 468 g/mol. The third-order valence-corrected chi connectivity index (χ3v) is 6.71. The first-order chi connectivity index (χ1) is 15.1. The summed E-state index contributed by atoms with van der Waals surface area (Å²) in [5, 5.41) is 12.8. The van der Waals surface area contributed by atoms with Crippen LogP contribution in [0.25, 0.3) is 32.6 Å². The van der Waals surface area contributed by atoms with E-state index in [2.05, 4.69) is 0 Å². The van der Waals surface area contributed by atoms with Crippen molar-refractivity contribution in [3.8, 4) is 16.9 Å². The van der Waals surface area contributed by atoms with Crippen LogP contribution in [-0.2, 0) is 9.13 Å². The smallest absolute Gasteiger partial charge is 0.507 e. The molecule has 0 bridgehead atoms. The molecule has 2 atom stereocenters. The molecule has 4 aromatic carbocycles. The molecule has 0 radical (unpaired) electrons. The second kappa shape index (κ2) is 10.3. The van der Waals surface area contributed by atoms with Crippen molar-refractivity contribution in [3.05, 3.63) is 97.1 Å². The first-order valence-corrected chi connectivity index (χ1v) is 11.8. The standard InChI is InChI=1S/C12H9O3P.C12H8O2P.H2O.H2/c13-11-7-3-1-5-9(11)10-6-2-4-8-12(10)16(14)15;13-15-12-8-4-2-6-10(12)9-5-1-3-7-11(9)14-15;;/h1-8H,(H-,13,14,15);1-8H;1H2;1H/q;+1;;/p+1. The fraction of sp³-hybridized carbons (Fsp3) is 0. The Hall–Kier alpha value is -3.40. The molecule has 32 heavy (non-hydrogen) atoms. The van der Waals surface area contributed by atoms with E-state index in [1.165, 1.54) is 0 Å². The molecule has 0 amide bonds. The second-order valence-corrected chi connectivity index (χ2v) is 8.88. The van der Waals surface area contributed by atoms with Crippen LogP contribution in [0.4, 0.5) is 0 Å². The fourth-order valence-corrected chi connectivity index (χ4v) is 4.99. The molecule has 1 heterocycles. The molecule has 4 N–H and O–H groups in total. The summed E-state index contributed by atoms with van der Waals surface area (Å²) in [6.07, 6.45) is 0. The van der Waals surface area contributed by atoms with Crippen LogP contribution in [0.5, 0.6) is 5.75 Å². The Kier molecular flexibility index (Phi) is 7.47. The highest BCUT2D eigenvalue weighted by Gasteiger charge is 2.23. The summed E-state index contributed by atoms with van der Waals surface area (Å²) in [5.41, 5.74) is 1.86. The van der Waals surface area contributed by atoms with Gasteiger partial charge < -0.3 is 10.6 Å². The average Bonchev–Trinajstić information content (AvgIpc) is 2.80. The molecule has 162 valence electrons. The molecule has 0 aliphatic heterocycles. The van der Waals surface area contributed by atoms with Crippen molar-refractivity contribution in [2.45, 2.75) is 0 Å². The summed E-state index contributed by atoms with van der Waals surface area (Å²) < 4.78 is 28.3. The zero-order chi connectivity index (χ0) is 21.8. The summed E-state index contributed by atoms with van der Waals surface area (Å²) in [4.78, 5) is 9.18. The SMILES string of the molecule is O.O=[P+](O)c1ccccc1-c1ccccc1O.O=[p+]1oc2ccccc2c2ccccc21.[HH]. The van der Waals surface area contributed by atoms with E-state index < -0.39 is 15.7 Å². The summed E-state index contributed by atoms with van der Waals surface area (Å²) in [6.45, 7) is 0. The molecule has 5 aromatic rings. The van der Waals surface area contributed by atoms with Gasteiger partial charge in [0.2, 0.25) is 10.4 Å². The van der Waals surface area contributed by atoms with Crippen molar-refractivity contribution in [2.24, 2.45) is 0 Å². The largest absolute Gasteiger partial charge is 0.597 e. The molecule has 0 saturated heterocycles. The van der Waals surface area contributed by atoms with Crippen molar-refractivity contribution in [3.63, 3.8) is 0 Å². The van der Waals surface area contributed by atoms with Gasteiger partial charge in [-0.2, -0.15) is 4.89 Å². The van der Waals surface area contributed by atoms with E-state index >= 15 is 0 Å². The van der Waals surface area contributed by atoms with E-state index in [9.17, 15) is 19.1 Å². The predicted molar refractivity (Wildman–Crippen MR) is 130 cm³/mol. The van der Waals surface area contributed by atoms with Gasteiger partial charge in [-0.25, -0.2) is 4.20 Å². The minimum Gasteiger partial charge on any atom is -0.507 e. The van der Waals surface area contributed by atoms with Gasteiger partial charge in [-0.15, -0.1) is 0 Å². The van der Waals surface area contributed by atoms with Gasteiger partial charge in [0.05, 0.1) is 0 Å². The maximum absolute atomic E-state index is 11.8. The first-order valence-electron chi connectivity index (χ1n) is 9.43. The first kappa shape index (κ1) is 23.3. The van der Waals surface area contributed by atoms with E-state index in [-0.39, 0.29) is 12.7 Å². The van der Waals surface area contributed by atoms with Crippen LogP contribution in [0.1, 0.15) is 1.43 Å². The van der Waals surface area contributed by atoms with Crippen molar-refractivity contribution in [1.82, 2.24) is 0 Å². The molecule has 0 aliphatic carbocycles. The molecule has 0 spiro atoms. The zero-order valence-electron chi connectivity index (χ0n) is 16.8. The molecule has 2 unspecified atom stereocenters. The lowest BCUT2D eigenvalue weighted by molar-refractivity contribution is 0.477. The Morgan fingerprint density at radius 3 is 2.03 bits per heavy atom. The summed E-state index contributed by atoms with van der Waals surface area (Å²) in [5.74, 6) is 0.104. The quantitative estimate of drug-likeness (QED) is 0.237. The lowest BCUT2D eigenvalue weighted by Crippen LogP contribution is -2.00. The topological polar surface area (TPSA) is 119 Å². The fourth-order valence-electron chi connectivity index (χ4n) is 3.34. The molecule has 8 heteroatoms. The number of fused-ring (bicyclic) bond motifs is 3. The Labute approximate surface area is 186 Å². The van der Waals surface area contributed by atoms with Gasteiger partial charge >= 0.3 is 15.7 Å². The molecular weight excluding hydrogens is 446 g/mol. The maximum atomic E-state index is 11.8. The van der Waals surface area contributed by atoms with Gasteiger partial charge in [0.1, 0.15) is 5.75 Å². The van der Waals surface area contributed by atoms with Gasteiger partial charge in [-0.1, -0.05) is 60.7 Å². The van der Waals surface area contributed by atoms with Gasteiger partial charge in [0.25, 0.3) is 0 Å². The Morgan fingerprint density at radius 2 is 1.31 bits per heavy atom. The molecule has 0 saturated carbocycles. The van der Waals surface area contributed by atoms with Crippen LogP contribution in [0.15, 0.2) is 101 Å². The lowest BCUT2D eigenvalue weighted by Gasteiger charge is -2.03. The highest BCUT2D eigenvalue weighted by molar-refractivity contribution is 7.47. The van der Waals surface area contributed by atoms with Gasteiger partial charge in [0.15, 0.2) is 5.58 Å². The number of rotatable bonds is 2. The minimum atomic E-state index is -2.41. The van der Waals surface area contributed by atoms with Crippen LogP contribution in [0, 0.1) is 0 Å². The van der Waals surface area contributed by atoms with Crippen molar-refractivity contribution in [1.29, 1.82) is 0 Å². The van der Waals surface area contributed by atoms with E-state index in [4.69, 9.17) is 4.20 Å². The third kappa shape index (κ3) is 4.75. The summed E-state index contributed by atoms with van der Waals surface area (Å²) >= 11 is 0. The highest BCUT2D eigenvalue weighted by atomic mass is 31.1. The van der Waals surface area contributed by atoms with Crippen LogP contribution in [-0.4, -0.2) is 15.5 Å². The van der Waals surface area contributed by atoms with Crippen molar-refractivity contribution < 1.29 is 30.2 Å². The van der Waals surface area contributed by atoms with Crippen molar-refractivity contribution >= 4 is 42.5 Å². The lowest BCUT2D eigenvalue weighted by atomic mass is 10.0. The van der Waals surface area contributed by atoms with Gasteiger partial charge in [0, 0.05) is 23.3 Å². The normalized spacial score (nSPS) is 11.3. The van der Waals surface area contributed by atoms with E-state index in [1.54, 1.807) is 48.5 Å². The molecule has 0 aliphatic rings. The highest BCUT2D eigenvalue weighted by Crippen LogP contribution is 2.34. The van der Waals surface area contributed by atoms with Crippen LogP contribution in [0.3, 0.4) is 0 Å².